The number of ketones is 1. The Bertz CT molecular complexity index is 1360. The van der Waals surface area contributed by atoms with Gasteiger partial charge in [0.15, 0.2) is 0 Å². The fraction of sp³-hybridized carbons (Fsp3) is 0.333. The highest BCUT2D eigenvalue weighted by atomic mass is 16.5. The van der Waals surface area contributed by atoms with Crippen molar-refractivity contribution >= 4 is 17.6 Å². The number of anilines is 1. The number of morpholine rings is 1. The molecule has 1 aliphatic heterocycles. The molecule has 0 amide bonds. The highest BCUT2D eigenvalue weighted by molar-refractivity contribution is 6.11. The molecule has 10 heteroatoms. The summed E-state index contributed by atoms with van der Waals surface area (Å²) in [6, 6.07) is 17.1. The zero-order chi connectivity index (χ0) is 26.4. The lowest BCUT2D eigenvalue weighted by atomic mass is 10.0. The number of aromatic nitrogens is 2. The molecule has 1 N–H and O–H groups in total. The van der Waals surface area contributed by atoms with Crippen LogP contribution in [-0.4, -0.2) is 71.3 Å². The van der Waals surface area contributed by atoms with Crippen LogP contribution in [0.5, 0.6) is 0 Å². The molecule has 10 nitrogen and oxygen atoms in total. The molecule has 37 heavy (non-hydrogen) atoms. The molecule has 0 spiro atoms. The maximum atomic E-state index is 13.4. The van der Waals surface area contributed by atoms with Crippen molar-refractivity contribution in [3.8, 4) is 0 Å². The number of hydrogen-bond donors (Lipinski definition) is 1. The van der Waals surface area contributed by atoms with Crippen molar-refractivity contribution in [3.05, 3.63) is 98.2 Å². The number of nitrogens with zero attached hydrogens (tertiary/aromatic N) is 3. The fourth-order valence-corrected chi connectivity index (χ4v) is 4.21. The third kappa shape index (κ3) is 6.04. The monoisotopic (exact) mass is 506 g/mol. The fourth-order valence-electron chi connectivity index (χ4n) is 4.21. The normalized spacial score (nSPS) is 14.6. The van der Waals surface area contributed by atoms with Gasteiger partial charge in [-0.2, -0.15) is 0 Å². The zero-order valence-electron chi connectivity index (χ0n) is 20.9. The van der Waals surface area contributed by atoms with Crippen LogP contribution in [0.4, 0.5) is 5.82 Å². The van der Waals surface area contributed by atoms with Crippen LogP contribution in [-0.2, 0) is 23.6 Å². The van der Waals surface area contributed by atoms with Crippen molar-refractivity contribution in [1.29, 1.82) is 0 Å². The second kappa shape index (κ2) is 11.8. The van der Waals surface area contributed by atoms with Crippen molar-refractivity contribution in [3.63, 3.8) is 0 Å². The van der Waals surface area contributed by atoms with Crippen LogP contribution in [0, 0.1) is 0 Å². The summed E-state index contributed by atoms with van der Waals surface area (Å²) < 4.78 is 13.4. The van der Waals surface area contributed by atoms with Crippen LogP contribution in [0.15, 0.2) is 70.3 Å². The van der Waals surface area contributed by atoms with Gasteiger partial charge in [0.25, 0.3) is 5.56 Å². The molecule has 194 valence electrons. The first-order chi connectivity index (χ1) is 17.9. The summed E-state index contributed by atoms with van der Waals surface area (Å²) in [6.07, 6.45) is -0.635. The Morgan fingerprint density at radius 2 is 1.51 bits per heavy atom. The van der Waals surface area contributed by atoms with E-state index in [0.717, 1.165) is 4.57 Å². The van der Waals surface area contributed by atoms with Crippen LogP contribution in [0.3, 0.4) is 0 Å². The number of rotatable bonds is 9. The quantitative estimate of drug-likeness (QED) is 0.341. The largest absolute Gasteiger partial charge is 0.456 e. The van der Waals surface area contributed by atoms with Gasteiger partial charge in [0.05, 0.1) is 25.3 Å². The minimum absolute atomic E-state index is 0.0738. The summed E-state index contributed by atoms with van der Waals surface area (Å²) in [5.41, 5.74) is -0.707. The minimum Gasteiger partial charge on any atom is -0.456 e. The first-order valence-corrected chi connectivity index (χ1v) is 12.1. The Morgan fingerprint density at radius 3 is 2.14 bits per heavy atom. The summed E-state index contributed by atoms with van der Waals surface area (Å²) >= 11 is 0. The molecule has 2 aromatic carbocycles. The molecule has 3 aromatic rings. The van der Waals surface area contributed by atoms with Gasteiger partial charge in [-0.3, -0.25) is 23.6 Å². The van der Waals surface area contributed by atoms with Crippen LogP contribution in [0.25, 0.3) is 0 Å². The summed E-state index contributed by atoms with van der Waals surface area (Å²) in [4.78, 5) is 54.1. The lowest BCUT2D eigenvalue weighted by Gasteiger charge is -2.30. The second-order valence-corrected chi connectivity index (χ2v) is 8.81. The van der Waals surface area contributed by atoms with Crippen LogP contribution >= 0.6 is 0 Å². The molecule has 0 saturated carbocycles. The van der Waals surface area contributed by atoms with Gasteiger partial charge in [0.2, 0.25) is 5.78 Å². The molecular formula is C27H30N4O6. The van der Waals surface area contributed by atoms with Gasteiger partial charge >= 0.3 is 11.7 Å². The molecule has 1 saturated heterocycles. The van der Waals surface area contributed by atoms with Crippen molar-refractivity contribution < 1.29 is 19.1 Å². The topological polar surface area (TPSA) is 112 Å². The summed E-state index contributed by atoms with van der Waals surface area (Å²) in [7, 11) is 2.82. The predicted octanol–water partition coefficient (Wildman–Crippen LogP) is 1.28. The molecule has 1 aliphatic rings. The molecule has 1 fully saturated rings. The smallest absolute Gasteiger partial charge is 0.338 e. The predicted molar refractivity (Wildman–Crippen MR) is 138 cm³/mol. The van der Waals surface area contributed by atoms with Crippen LogP contribution in [0.1, 0.15) is 26.3 Å². The molecular weight excluding hydrogens is 476 g/mol. The molecule has 1 atom stereocenters. The highest BCUT2D eigenvalue weighted by Crippen LogP contribution is 2.16. The molecule has 0 aliphatic carbocycles. The van der Waals surface area contributed by atoms with Crippen molar-refractivity contribution in [1.82, 2.24) is 14.0 Å². The summed E-state index contributed by atoms with van der Waals surface area (Å²) in [5, 5.41) is 3.08. The van der Waals surface area contributed by atoms with Crippen LogP contribution < -0.4 is 16.6 Å². The lowest BCUT2D eigenvalue weighted by molar-refractivity contribution is -0.000905. The van der Waals surface area contributed by atoms with Gasteiger partial charge in [-0.1, -0.05) is 48.5 Å². The maximum absolute atomic E-state index is 13.4. The third-order valence-corrected chi connectivity index (χ3v) is 6.27. The first kappa shape index (κ1) is 26.1. The number of ether oxygens (including phenoxy) is 2. The van der Waals surface area contributed by atoms with E-state index in [-0.39, 0.29) is 17.9 Å². The standard InChI is InChI=1S/C27H30N4O6/c1-29-24(22(25(33)30(2)27(29)35)23(32)19-9-5-3-6-10-19)28-17-21(18-31-13-15-36-16-14-31)37-26(34)20-11-7-4-8-12-20/h3-12,21,28H,13-18H2,1-2H3. The van der Waals surface area contributed by atoms with Gasteiger partial charge in [0, 0.05) is 39.3 Å². The molecule has 1 aromatic heterocycles. The average Bonchev–Trinajstić information content (AvgIpc) is 2.94. The van der Waals surface area contributed by atoms with Crippen molar-refractivity contribution in [2.45, 2.75) is 6.10 Å². The number of nitrogens with one attached hydrogen (secondary N) is 1. The Balaban J connectivity index is 1.64. The van der Waals surface area contributed by atoms with Crippen molar-refractivity contribution in [2.75, 3.05) is 44.7 Å². The van der Waals surface area contributed by atoms with E-state index in [9.17, 15) is 19.2 Å². The average molecular weight is 507 g/mol. The van der Waals surface area contributed by atoms with Gasteiger partial charge < -0.3 is 14.8 Å². The lowest BCUT2D eigenvalue weighted by Crippen LogP contribution is -2.45. The number of esters is 1. The van der Waals surface area contributed by atoms with E-state index in [1.54, 1.807) is 54.6 Å². The molecule has 0 bridgehead atoms. The van der Waals surface area contributed by atoms with Gasteiger partial charge in [-0.25, -0.2) is 9.59 Å². The Kier molecular flexibility index (Phi) is 8.32. The van der Waals surface area contributed by atoms with E-state index in [0.29, 0.717) is 44.0 Å². The minimum atomic E-state index is -0.703. The number of benzene rings is 2. The Morgan fingerprint density at radius 1 is 0.919 bits per heavy atom. The number of carbonyl (C=O) groups excluding carboxylic acids is 2. The highest BCUT2D eigenvalue weighted by Gasteiger charge is 2.26. The zero-order valence-corrected chi connectivity index (χ0v) is 20.9. The summed E-state index contributed by atoms with van der Waals surface area (Å²) in [6.45, 7) is 3.00. The van der Waals surface area contributed by atoms with Gasteiger partial charge in [0.1, 0.15) is 17.5 Å². The van der Waals surface area contributed by atoms with E-state index >= 15 is 0 Å². The van der Waals surface area contributed by atoms with E-state index in [1.165, 1.54) is 18.7 Å². The Labute approximate surface area is 214 Å². The second-order valence-electron chi connectivity index (χ2n) is 8.81. The molecule has 1 unspecified atom stereocenters. The third-order valence-electron chi connectivity index (χ3n) is 6.27. The van der Waals surface area contributed by atoms with E-state index < -0.39 is 29.1 Å². The van der Waals surface area contributed by atoms with E-state index in [1.807, 2.05) is 6.07 Å². The maximum Gasteiger partial charge on any atom is 0.338 e. The SMILES string of the molecule is Cn1c(NCC(CN2CCOCC2)OC(=O)c2ccccc2)c(C(=O)c2ccccc2)c(=O)n(C)c1=O. The van der Waals surface area contributed by atoms with Crippen molar-refractivity contribution in [2.24, 2.45) is 14.1 Å². The van der Waals surface area contributed by atoms with Gasteiger partial charge in [-0.15, -0.1) is 0 Å². The first-order valence-electron chi connectivity index (χ1n) is 12.1. The molecule has 2 heterocycles. The van der Waals surface area contributed by atoms with Gasteiger partial charge in [-0.05, 0) is 12.1 Å². The molecule has 4 rings (SSSR count). The molecule has 0 radical (unpaired) electrons. The number of carbonyl (C=O) groups is 2. The number of hydrogen-bond acceptors (Lipinski definition) is 8. The van der Waals surface area contributed by atoms with E-state index in [4.69, 9.17) is 9.47 Å². The summed E-state index contributed by atoms with van der Waals surface area (Å²) in [5.74, 6) is -0.922. The Hall–Kier alpha value is -4.02. The van der Waals surface area contributed by atoms with E-state index in [2.05, 4.69) is 10.2 Å². The van der Waals surface area contributed by atoms with Crippen LogP contribution in [0.2, 0.25) is 0 Å².